The molecule has 0 saturated heterocycles. The molecule has 0 fully saturated rings. The molecule has 0 aliphatic carbocycles. The highest BCUT2D eigenvalue weighted by atomic mass is 16.3. The Kier molecular flexibility index (Phi) is 3.87. The van der Waals surface area contributed by atoms with Crippen molar-refractivity contribution in [2.45, 2.75) is 6.92 Å². The number of phenolic OH excluding ortho intramolecular Hbond substituents is 1. The van der Waals surface area contributed by atoms with Gasteiger partial charge in [0, 0.05) is 12.4 Å². The van der Waals surface area contributed by atoms with Gasteiger partial charge in [-0.05, 0) is 48.9 Å². The van der Waals surface area contributed by atoms with Gasteiger partial charge in [-0.15, -0.1) is 0 Å². The number of benzene rings is 1. The number of hydrogen-bond acceptors (Lipinski definition) is 4. The monoisotopic (exact) mass is 255 g/mol. The number of carbonyl (C=O) groups is 1. The molecular weight excluding hydrogens is 242 g/mol. The standard InChI is InChI=1S/C14H13N3O2/c1-10(11-4-6-13(18)7-5-11)16-17-14(19)12-3-2-8-15-9-12/h2-9,18H,1H3,(H,17,19). The fourth-order valence-electron chi connectivity index (χ4n) is 1.46. The minimum absolute atomic E-state index is 0.191. The zero-order chi connectivity index (χ0) is 13.7. The van der Waals surface area contributed by atoms with Crippen LogP contribution in [0.15, 0.2) is 53.9 Å². The van der Waals surface area contributed by atoms with E-state index in [2.05, 4.69) is 15.5 Å². The maximum atomic E-state index is 11.7. The fourth-order valence-corrected chi connectivity index (χ4v) is 1.46. The molecule has 1 aromatic heterocycles. The van der Waals surface area contributed by atoms with E-state index in [9.17, 15) is 9.90 Å². The van der Waals surface area contributed by atoms with Crippen LogP contribution in [-0.2, 0) is 0 Å². The number of pyridine rings is 1. The van der Waals surface area contributed by atoms with Crippen molar-refractivity contribution >= 4 is 11.6 Å². The van der Waals surface area contributed by atoms with Crippen LogP contribution in [0.3, 0.4) is 0 Å². The maximum Gasteiger partial charge on any atom is 0.272 e. The van der Waals surface area contributed by atoms with Crippen molar-refractivity contribution < 1.29 is 9.90 Å². The molecule has 2 rings (SSSR count). The van der Waals surface area contributed by atoms with Gasteiger partial charge in [0.2, 0.25) is 0 Å². The number of nitrogens with zero attached hydrogens (tertiary/aromatic N) is 2. The number of amides is 1. The summed E-state index contributed by atoms with van der Waals surface area (Å²) >= 11 is 0. The SMILES string of the molecule is CC(=NNC(=O)c1cccnc1)c1ccc(O)cc1. The molecule has 1 amide bonds. The summed E-state index contributed by atoms with van der Waals surface area (Å²) in [5.41, 5.74) is 4.38. The minimum atomic E-state index is -0.314. The van der Waals surface area contributed by atoms with Crippen LogP contribution < -0.4 is 5.43 Å². The molecule has 0 spiro atoms. The van der Waals surface area contributed by atoms with Crippen molar-refractivity contribution in [2.75, 3.05) is 0 Å². The Morgan fingerprint density at radius 1 is 1.21 bits per heavy atom. The van der Waals surface area contributed by atoms with Crippen LogP contribution in [0.25, 0.3) is 0 Å². The zero-order valence-corrected chi connectivity index (χ0v) is 10.4. The average Bonchev–Trinajstić information content (AvgIpc) is 2.46. The van der Waals surface area contributed by atoms with Crippen LogP contribution in [0, 0.1) is 0 Å². The second-order valence-electron chi connectivity index (χ2n) is 3.93. The lowest BCUT2D eigenvalue weighted by atomic mass is 10.1. The summed E-state index contributed by atoms with van der Waals surface area (Å²) in [5.74, 6) is -0.123. The molecule has 96 valence electrons. The second-order valence-corrected chi connectivity index (χ2v) is 3.93. The fraction of sp³-hybridized carbons (Fsp3) is 0.0714. The van der Waals surface area contributed by atoms with Crippen LogP contribution in [-0.4, -0.2) is 21.7 Å². The first-order chi connectivity index (χ1) is 9.16. The molecule has 0 radical (unpaired) electrons. The summed E-state index contributed by atoms with van der Waals surface area (Å²) in [6, 6.07) is 9.93. The molecule has 19 heavy (non-hydrogen) atoms. The van der Waals surface area contributed by atoms with Gasteiger partial charge in [-0.25, -0.2) is 5.43 Å². The van der Waals surface area contributed by atoms with Crippen LogP contribution in [0.1, 0.15) is 22.8 Å². The second kappa shape index (κ2) is 5.77. The molecule has 0 aliphatic heterocycles. The smallest absolute Gasteiger partial charge is 0.272 e. The molecule has 1 aromatic carbocycles. The van der Waals surface area contributed by atoms with Crippen molar-refractivity contribution in [1.29, 1.82) is 0 Å². The molecule has 0 bridgehead atoms. The summed E-state index contributed by atoms with van der Waals surface area (Å²) in [5, 5.41) is 13.2. The van der Waals surface area contributed by atoms with Crippen LogP contribution in [0.4, 0.5) is 0 Å². The quantitative estimate of drug-likeness (QED) is 0.650. The first kappa shape index (κ1) is 12.8. The summed E-state index contributed by atoms with van der Waals surface area (Å²) in [4.78, 5) is 15.6. The predicted molar refractivity (Wildman–Crippen MR) is 72.0 cm³/mol. The molecule has 0 aliphatic rings. The maximum absolute atomic E-state index is 11.7. The number of carbonyl (C=O) groups excluding carboxylic acids is 1. The normalized spacial score (nSPS) is 11.1. The van der Waals surface area contributed by atoms with E-state index in [1.807, 2.05) is 0 Å². The Morgan fingerprint density at radius 2 is 1.95 bits per heavy atom. The van der Waals surface area contributed by atoms with Gasteiger partial charge in [0.25, 0.3) is 5.91 Å². The molecule has 5 nitrogen and oxygen atoms in total. The van der Waals surface area contributed by atoms with E-state index in [0.29, 0.717) is 11.3 Å². The molecule has 0 saturated carbocycles. The van der Waals surface area contributed by atoms with Gasteiger partial charge in [0.15, 0.2) is 0 Å². The highest BCUT2D eigenvalue weighted by Crippen LogP contribution is 2.10. The number of aromatic hydroxyl groups is 1. The lowest BCUT2D eigenvalue weighted by Gasteiger charge is -2.03. The predicted octanol–water partition coefficient (Wildman–Crippen LogP) is 1.94. The molecular formula is C14H13N3O2. The third-order valence-electron chi connectivity index (χ3n) is 2.53. The van der Waals surface area contributed by atoms with Crippen LogP contribution in [0.2, 0.25) is 0 Å². The molecule has 0 unspecified atom stereocenters. The van der Waals surface area contributed by atoms with Crippen molar-refractivity contribution in [1.82, 2.24) is 10.4 Å². The van der Waals surface area contributed by atoms with Crippen LogP contribution in [0.5, 0.6) is 5.75 Å². The van der Waals surface area contributed by atoms with E-state index in [1.165, 1.54) is 6.20 Å². The molecule has 1 heterocycles. The van der Waals surface area contributed by atoms with Crippen molar-refractivity contribution in [2.24, 2.45) is 5.10 Å². The van der Waals surface area contributed by atoms with E-state index in [0.717, 1.165) is 5.56 Å². The lowest BCUT2D eigenvalue weighted by Crippen LogP contribution is -2.19. The number of nitrogens with one attached hydrogen (secondary N) is 1. The number of aromatic nitrogens is 1. The van der Waals surface area contributed by atoms with Crippen molar-refractivity contribution in [3.8, 4) is 5.75 Å². The van der Waals surface area contributed by atoms with Gasteiger partial charge >= 0.3 is 0 Å². The molecule has 2 aromatic rings. The van der Waals surface area contributed by atoms with E-state index < -0.39 is 0 Å². The number of hydrazone groups is 1. The van der Waals surface area contributed by atoms with Gasteiger partial charge in [0.05, 0.1) is 11.3 Å². The third kappa shape index (κ3) is 3.38. The van der Waals surface area contributed by atoms with Crippen molar-refractivity contribution in [3.05, 3.63) is 59.9 Å². The largest absolute Gasteiger partial charge is 0.508 e. The zero-order valence-electron chi connectivity index (χ0n) is 10.4. The van der Waals surface area contributed by atoms with Crippen molar-refractivity contribution in [3.63, 3.8) is 0 Å². The first-order valence-electron chi connectivity index (χ1n) is 5.71. The molecule has 0 atom stereocenters. The average molecular weight is 255 g/mol. The van der Waals surface area contributed by atoms with Crippen LogP contribution >= 0.6 is 0 Å². The van der Waals surface area contributed by atoms with E-state index in [4.69, 9.17) is 0 Å². The molecule has 5 heteroatoms. The Labute approximate surface area is 110 Å². The van der Waals surface area contributed by atoms with Gasteiger partial charge in [-0.2, -0.15) is 5.10 Å². The highest BCUT2D eigenvalue weighted by molar-refractivity contribution is 6.00. The minimum Gasteiger partial charge on any atom is -0.508 e. The highest BCUT2D eigenvalue weighted by Gasteiger charge is 2.04. The summed E-state index contributed by atoms with van der Waals surface area (Å²) in [6.45, 7) is 1.77. The van der Waals surface area contributed by atoms with Gasteiger partial charge in [-0.1, -0.05) is 0 Å². The number of hydrogen-bond donors (Lipinski definition) is 2. The first-order valence-corrected chi connectivity index (χ1v) is 5.71. The van der Waals surface area contributed by atoms with Gasteiger partial charge in [-0.3, -0.25) is 9.78 Å². The lowest BCUT2D eigenvalue weighted by molar-refractivity contribution is 0.0954. The van der Waals surface area contributed by atoms with Gasteiger partial charge in [0.1, 0.15) is 5.75 Å². The summed E-state index contributed by atoms with van der Waals surface area (Å²) in [6.07, 6.45) is 3.07. The summed E-state index contributed by atoms with van der Waals surface area (Å²) < 4.78 is 0. The summed E-state index contributed by atoms with van der Waals surface area (Å²) in [7, 11) is 0. The van der Waals surface area contributed by atoms with E-state index in [-0.39, 0.29) is 11.7 Å². The number of phenols is 1. The Morgan fingerprint density at radius 3 is 2.58 bits per heavy atom. The molecule has 2 N–H and O–H groups in total. The number of rotatable bonds is 3. The topological polar surface area (TPSA) is 74.6 Å². The van der Waals surface area contributed by atoms with E-state index >= 15 is 0 Å². The van der Waals surface area contributed by atoms with Gasteiger partial charge < -0.3 is 5.11 Å². The Bertz CT molecular complexity index is 592. The third-order valence-corrected chi connectivity index (χ3v) is 2.53. The van der Waals surface area contributed by atoms with E-state index in [1.54, 1.807) is 49.5 Å². The Balaban J connectivity index is 2.06. The Hall–Kier alpha value is -2.69.